The summed E-state index contributed by atoms with van der Waals surface area (Å²) < 4.78 is 26.4. The molecule has 2 N–H and O–H groups in total. The molecule has 3 atom stereocenters. The normalized spacial score (nSPS) is 13.9. The number of hydrogen-bond donors (Lipinski definition) is 1. The Bertz CT molecular complexity index is 950. The van der Waals surface area contributed by atoms with E-state index in [4.69, 9.17) is 29.4 Å². The maximum absolute atomic E-state index is 12.6. The highest BCUT2D eigenvalue weighted by molar-refractivity contribution is 5.78. The van der Waals surface area contributed by atoms with Crippen molar-refractivity contribution in [3.05, 3.63) is 23.8 Å². The summed E-state index contributed by atoms with van der Waals surface area (Å²) in [4.78, 5) is 48.7. The predicted molar refractivity (Wildman–Crippen MR) is 136 cm³/mol. The van der Waals surface area contributed by atoms with Gasteiger partial charge in [-0.25, -0.2) is 4.79 Å². The lowest BCUT2D eigenvalue weighted by atomic mass is 9.99. The lowest BCUT2D eigenvalue weighted by Gasteiger charge is -2.23. The van der Waals surface area contributed by atoms with Crippen molar-refractivity contribution in [3.8, 4) is 11.5 Å². The van der Waals surface area contributed by atoms with Gasteiger partial charge in [0.2, 0.25) is 0 Å². The summed E-state index contributed by atoms with van der Waals surface area (Å²) in [5.74, 6) is -2.35. The molecule has 10 heteroatoms. The minimum Gasteiger partial charge on any atom is -0.458 e. The summed E-state index contributed by atoms with van der Waals surface area (Å²) in [7, 11) is 0. The van der Waals surface area contributed by atoms with Gasteiger partial charge in [0.15, 0.2) is 11.5 Å². The topological polar surface area (TPSA) is 140 Å². The molecule has 1 aromatic carbocycles. The maximum Gasteiger partial charge on any atom is 0.508 e. The van der Waals surface area contributed by atoms with Crippen LogP contribution in [0.3, 0.4) is 0 Å². The van der Waals surface area contributed by atoms with E-state index in [0.29, 0.717) is 5.56 Å². The minimum atomic E-state index is -1.06. The molecule has 0 saturated heterocycles. The van der Waals surface area contributed by atoms with Crippen LogP contribution in [0.5, 0.6) is 11.5 Å². The minimum absolute atomic E-state index is 0.0509. The highest BCUT2D eigenvalue weighted by Gasteiger charge is 2.26. The fourth-order valence-electron chi connectivity index (χ4n) is 2.56. The van der Waals surface area contributed by atoms with Gasteiger partial charge in [-0.05, 0) is 43.4 Å². The highest BCUT2D eigenvalue weighted by Crippen LogP contribution is 2.30. The van der Waals surface area contributed by atoms with Gasteiger partial charge in [-0.1, -0.05) is 54.5 Å². The Morgan fingerprint density at radius 2 is 1.30 bits per heavy atom. The quantitative estimate of drug-likeness (QED) is 0.331. The smallest absolute Gasteiger partial charge is 0.458 e. The van der Waals surface area contributed by atoms with E-state index >= 15 is 0 Å². The number of esters is 3. The Hall–Kier alpha value is -3.14. The average molecular weight is 524 g/mol. The summed E-state index contributed by atoms with van der Waals surface area (Å²) in [6.45, 7) is 15.8. The molecule has 0 fully saturated rings. The number of hydrogen-bond acceptors (Lipinski definition) is 10. The van der Waals surface area contributed by atoms with Crippen LogP contribution in [-0.4, -0.2) is 48.9 Å². The van der Waals surface area contributed by atoms with Crippen LogP contribution < -0.4 is 15.2 Å². The molecule has 1 rings (SSSR count). The van der Waals surface area contributed by atoms with E-state index in [0.717, 1.165) is 0 Å². The molecule has 0 amide bonds. The number of carbonyl (C=O) groups excluding carboxylic acids is 4. The van der Waals surface area contributed by atoms with Crippen LogP contribution in [0.15, 0.2) is 18.2 Å². The Labute approximate surface area is 219 Å². The fraction of sp³-hybridized carbons (Fsp3) is 0.630. The summed E-state index contributed by atoms with van der Waals surface area (Å²) in [6.07, 6.45) is -2.34. The largest absolute Gasteiger partial charge is 0.508 e. The van der Waals surface area contributed by atoms with Gasteiger partial charge in [-0.3, -0.25) is 14.4 Å². The number of benzene rings is 1. The van der Waals surface area contributed by atoms with Crippen LogP contribution in [0.25, 0.3) is 0 Å². The van der Waals surface area contributed by atoms with Crippen molar-refractivity contribution >= 4 is 24.1 Å². The SMILES string of the molecule is CC(C)C(=O)Oc1ccc(C[C@H](N)C(=O)O[C@@H](C)[C@H](C)OC(=O)OCC(C)(C)C)cc1OC(=O)C(C)C. The zero-order valence-corrected chi connectivity index (χ0v) is 23.3. The van der Waals surface area contributed by atoms with Crippen molar-refractivity contribution in [3.63, 3.8) is 0 Å². The third-order valence-corrected chi connectivity index (χ3v) is 5.00. The first kappa shape index (κ1) is 31.9. The fourth-order valence-corrected chi connectivity index (χ4v) is 2.56. The van der Waals surface area contributed by atoms with Crippen molar-refractivity contribution < 1.29 is 42.9 Å². The molecule has 0 heterocycles. The van der Waals surface area contributed by atoms with Gasteiger partial charge in [0.05, 0.1) is 18.4 Å². The van der Waals surface area contributed by atoms with E-state index in [1.165, 1.54) is 12.1 Å². The zero-order chi connectivity index (χ0) is 28.5. The molecule has 0 unspecified atom stereocenters. The molecule has 10 nitrogen and oxygen atoms in total. The summed E-state index contributed by atoms with van der Waals surface area (Å²) >= 11 is 0. The van der Waals surface area contributed by atoms with Crippen molar-refractivity contribution in [2.45, 2.75) is 87.0 Å². The Morgan fingerprint density at radius 3 is 1.81 bits per heavy atom. The molecule has 0 aliphatic heterocycles. The summed E-state index contributed by atoms with van der Waals surface area (Å²) in [5, 5.41) is 0. The van der Waals surface area contributed by atoms with Crippen molar-refractivity contribution in [1.82, 2.24) is 0 Å². The van der Waals surface area contributed by atoms with Gasteiger partial charge < -0.3 is 29.4 Å². The molecule has 208 valence electrons. The standard InChI is InChI=1S/C27H41NO9/c1-15(2)23(29)36-21-11-10-19(13-22(21)37-24(30)16(3)4)12-20(28)25(31)34-17(5)18(6)35-26(32)33-14-27(7,8)9/h10-11,13,15-18,20H,12,14,28H2,1-9H3/t17-,18-,20-/m0/s1. The van der Waals surface area contributed by atoms with Crippen molar-refractivity contribution in [2.24, 2.45) is 23.0 Å². The second kappa shape index (κ2) is 14.0. The Balaban J connectivity index is 2.84. The molecular weight excluding hydrogens is 482 g/mol. The molecule has 0 bridgehead atoms. The van der Waals surface area contributed by atoms with Gasteiger partial charge >= 0.3 is 24.1 Å². The molecule has 0 aliphatic carbocycles. The predicted octanol–water partition coefficient (Wildman–Crippen LogP) is 4.20. The molecule has 0 radical (unpaired) electrons. The first-order valence-electron chi connectivity index (χ1n) is 12.4. The number of carbonyl (C=O) groups is 4. The number of ether oxygens (including phenoxy) is 5. The van der Waals surface area contributed by atoms with Gasteiger partial charge in [-0.15, -0.1) is 0 Å². The van der Waals surface area contributed by atoms with Gasteiger partial charge in [-0.2, -0.15) is 0 Å². The van der Waals surface area contributed by atoms with Crippen LogP contribution >= 0.6 is 0 Å². The van der Waals surface area contributed by atoms with E-state index in [1.807, 2.05) is 20.8 Å². The first-order valence-corrected chi connectivity index (χ1v) is 12.4. The summed E-state index contributed by atoms with van der Waals surface area (Å²) in [5.41, 5.74) is 6.40. The molecule has 1 aromatic rings. The highest BCUT2D eigenvalue weighted by atomic mass is 16.7. The average Bonchev–Trinajstić information content (AvgIpc) is 2.78. The number of rotatable bonds is 11. The molecule has 0 aromatic heterocycles. The number of nitrogens with two attached hydrogens (primary N) is 1. The van der Waals surface area contributed by atoms with E-state index in [-0.39, 0.29) is 35.9 Å². The second-order valence-electron chi connectivity index (χ2n) is 10.8. The van der Waals surface area contributed by atoms with Crippen LogP contribution in [-0.2, 0) is 35.0 Å². The van der Waals surface area contributed by atoms with Crippen LogP contribution in [0.2, 0.25) is 0 Å². The monoisotopic (exact) mass is 523 g/mol. The van der Waals surface area contributed by atoms with E-state index in [9.17, 15) is 19.2 Å². The third kappa shape index (κ3) is 11.6. The zero-order valence-electron chi connectivity index (χ0n) is 23.3. The lowest BCUT2D eigenvalue weighted by Crippen LogP contribution is -2.39. The second-order valence-corrected chi connectivity index (χ2v) is 10.8. The maximum atomic E-state index is 12.6. The Kier molecular flexibility index (Phi) is 12.0. The van der Waals surface area contributed by atoms with Crippen LogP contribution in [0.1, 0.15) is 67.9 Å². The lowest BCUT2D eigenvalue weighted by molar-refractivity contribution is -0.155. The van der Waals surface area contributed by atoms with Crippen molar-refractivity contribution in [2.75, 3.05) is 6.61 Å². The molecule has 0 spiro atoms. The van der Waals surface area contributed by atoms with E-state index in [2.05, 4.69) is 0 Å². The van der Waals surface area contributed by atoms with E-state index < -0.39 is 48.2 Å². The van der Waals surface area contributed by atoms with Crippen LogP contribution in [0.4, 0.5) is 4.79 Å². The van der Waals surface area contributed by atoms with Crippen molar-refractivity contribution in [1.29, 1.82) is 0 Å². The van der Waals surface area contributed by atoms with Crippen LogP contribution in [0, 0.1) is 17.3 Å². The van der Waals surface area contributed by atoms with Gasteiger partial charge in [0.1, 0.15) is 18.2 Å². The molecule has 0 saturated carbocycles. The molecule has 37 heavy (non-hydrogen) atoms. The van der Waals surface area contributed by atoms with E-state index in [1.54, 1.807) is 47.6 Å². The molecular formula is C27H41NO9. The van der Waals surface area contributed by atoms with Gasteiger partial charge in [0, 0.05) is 0 Å². The van der Waals surface area contributed by atoms with Gasteiger partial charge in [0.25, 0.3) is 0 Å². The first-order chi connectivity index (χ1) is 17.0. The third-order valence-electron chi connectivity index (χ3n) is 5.00. The Morgan fingerprint density at radius 1 is 0.784 bits per heavy atom. The molecule has 0 aliphatic rings. The summed E-state index contributed by atoms with van der Waals surface area (Å²) in [6, 6.07) is 3.54.